The van der Waals surface area contributed by atoms with Crippen molar-refractivity contribution in [2.45, 2.75) is 20.5 Å². The predicted molar refractivity (Wildman–Crippen MR) is 72.1 cm³/mol. The molecule has 0 aliphatic carbocycles. The molecule has 20 heavy (non-hydrogen) atoms. The number of ether oxygens (including phenoxy) is 1. The molecule has 1 amide bonds. The van der Waals surface area contributed by atoms with Crippen LogP contribution in [0.25, 0.3) is 0 Å². The Balaban J connectivity index is 2.81. The lowest BCUT2D eigenvalue weighted by Crippen LogP contribution is -2.11. The molecule has 0 aliphatic rings. The summed E-state index contributed by atoms with van der Waals surface area (Å²) in [6.45, 7) is 3.21. The fraction of sp³-hybridized carbons (Fsp3) is 0.214. The van der Waals surface area contributed by atoms with E-state index in [0.29, 0.717) is 5.69 Å². The molecular formula is C14H15NO5. The zero-order chi connectivity index (χ0) is 15.1. The highest BCUT2D eigenvalue weighted by molar-refractivity contribution is 6.02. The fourth-order valence-electron chi connectivity index (χ4n) is 1.48. The number of benzene rings is 1. The molecule has 2 N–H and O–H groups in total. The number of carboxylic acid groups (broad SMARTS) is 1. The summed E-state index contributed by atoms with van der Waals surface area (Å²) in [5.41, 5.74) is 2.06. The molecule has 6 heteroatoms. The number of hydrogen-bond donors (Lipinski definition) is 2. The molecule has 6 nitrogen and oxygen atoms in total. The van der Waals surface area contributed by atoms with E-state index >= 15 is 0 Å². The molecule has 0 saturated carbocycles. The third-order valence-electron chi connectivity index (χ3n) is 2.51. The van der Waals surface area contributed by atoms with Crippen molar-refractivity contribution < 1.29 is 24.2 Å². The number of carbonyl (C=O) groups is 3. The quantitative estimate of drug-likeness (QED) is 0.630. The summed E-state index contributed by atoms with van der Waals surface area (Å²) < 4.78 is 4.90. The van der Waals surface area contributed by atoms with E-state index in [9.17, 15) is 14.4 Å². The van der Waals surface area contributed by atoms with Gasteiger partial charge < -0.3 is 15.2 Å². The maximum Gasteiger partial charge on any atom is 0.328 e. The van der Waals surface area contributed by atoms with Gasteiger partial charge in [-0.3, -0.25) is 9.59 Å². The molecule has 0 spiro atoms. The van der Waals surface area contributed by atoms with Gasteiger partial charge >= 0.3 is 11.9 Å². The van der Waals surface area contributed by atoms with Crippen molar-refractivity contribution in [2.75, 3.05) is 5.32 Å². The summed E-state index contributed by atoms with van der Waals surface area (Å²) in [7, 11) is 0. The van der Waals surface area contributed by atoms with E-state index < -0.39 is 11.9 Å². The third-order valence-corrected chi connectivity index (χ3v) is 2.51. The molecule has 0 bridgehead atoms. The van der Waals surface area contributed by atoms with Gasteiger partial charge in [0.25, 0.3) is 0 Å². The van der Waals surface area contributed by atoms with Gasteiger partial charge in [0.2, 0.25) is 5.91 Å². The van der Waals surface area contributed by atoms with E-state index in [-0.39, 0.29) is 12.6 Å². The van der Waals surface area contributed by atoms with E-state index in [2.05, 4.69) is 5.32 Å². The van der Waals surface area contributed by atoms with Crippen LogP contribution >= 0.6 is 0 Å². The van der Waals surface area contributed by atoms with Crippen molar-refractivity contribution in [3.05, 3.63) is 41.5 Å². The monoisotopic (exact) mass is 277 g/mol. The van der Waals surface area contributed by atoms with Gasteiger partial charge in [0, 0.05) is 24.8 Å². The average molecular weight is 277 g/mol. The standard InChI is InChI=1S/C14H15NO5/c1-9-11(8-20-10(2)16)4-3-5-12(9)15-13(17)6-7-14(18)19/h3-7H,8H2,1-2H3,(H,15,17)(H,18,19)/b7-6+. The van der Waals surface area contributed by atoms with Crippen molar-refractivity contribution in [2.24, 2.45) is 0 Å². The Kier molecular flexibility index (Phi) is 5.46. The van der Waals surface area contributed by atoms with Crippen LogP contribution in [-0.4, -0.2) is 23.0 Å². The zero-order valence-corrected chi connectivity index (χ0v) is 11.2. The van der Waals surface area contributed by atoms with Gasteiger partial charge in [-0.15, -0.1) is 0 Å². The highest BCUT2D eigenvalue weighted by atomic mass is 16.5. The molecule has 0 aliphatic heterocycles. The Morgan fingerprint density at radius 2 is 2.00 bits per heavy atom. The number of aliphatic carboxylic acids is 1. The lowest BCUT2D eigenvalue weighted by molar-refractivity contribution is -0.142. The van der Waals surface area contributed by atoms with Gasteiger partial charge in [-0.25, -0.2) is 4.79 Å². The smallest absolute Gasteiger partial charge is 0.328 e. The maximum atomic E-state index is 11.5. The lowest BCUT2D eigenvalue weighted by atomic mass is 10.1. The molecule has 1 rings (SSSR count). The Morgan fingerprint density at radius 1 is 1.30 bits per heavy atom. The summed E-state index contributed by atoms with van der Waals surface area (Å²) in [6.07, 6.45) is 1.69. The second-order valence-corrected chi connectivity index (χ2v) is 4.03. The fourth-order valence-corrected chi connectivity index (χ4v) is 1.48. The third kappa shape index (κ3) is 4.93. The predicted octanol–water partition coefficient (Wildman–Crippen LogP) is 1.64. The maximum absolute atomic E-state index is 11.5. The van der Waals surface area contributed by atoms with Crippen LogP contribution in [0.2, 0.25) is 0 Å². The molecule has 0 radical (unpaired) electrons. The topological polar surface area (TPSA) is 92.7 Å². The molecule has 1 aromatic carbocycles. The van der Waals surface area contributed by atoms with E-state index in [4.69, 9.17) is 9.84 Å². The van der Waals surface area contributed by atoms with Gasteiger partial charge in [-0.1, -0.05) is 12.1 Å². The molecule has 0 atom stereocenters. The number of carbonyl (C=O) groups excluding carboxylic acids is 2. The molecule has 106 valence electrons. The number of carboxylic acids is 1. The Labute approximate surface area is 116 Å². The van der Waals surface area contributed by atoms with Crippen molar-refractivity contribution in [3.63, 3.8) is 0 Å². The van der Waals surface area contributed by atoms with Crippen LogP contribution in [0.5, 0.6) is 0 Å². The number of amides is 1. The first kappa shape index (κ1) is 15.4. The minimum atomic E-state index is -1.19. The summed E-state index contributed by atoms with van der Waals surface area (Å²) in [5.74, 6) is -2.12. The highest BCUT2D eigenvalue weighted by Crippen LogP contribution is 2.19. The van der Waals surface area contributed by atoms with Crippen molar-refractivity contribution in [3.8, 4) is 0 Å². The van der Waals surface area contributed by atoms with E-state index in [1.165, 1.54) is 6.92 Å². The number of anilines is 1. The number of nitrogens with one attached hydrogen (secondary N) is 1. The Bertz CT molecular complexity index is 563. The molecule has 0 unspecified atom stereocenters. The van der Waals surface area contributed by atoms with Crippen LogP contribution in [0.1, 0.15) is 18.1 Å². The second-order valence-electron chi connectivity index (χ2n) is 4.03. The summed E-state index contributed by atoms with van der Waals surface area (Å²) in [4.78, 5) is 32.6. The Hall–Kier alpha value is -2.63. The van der Waals surface area contributed by atoms with Gasteiger partial charge in [-0.05, 0) is 24.1 Å². The van der Waals surface area contributed by atoms with Gasteiger partial charge in [0.05, 0.1) is 0 Å². The molecular weight excluding hydrogens is 262 g/mol. The largest absolute Gasteiger partial charge is 0.478 e. The number of esters is 1. The normalized spacial score (nSPS) is 10.3. The minimum Gasteiger partial charge on any atom is -0.478 e. The summed E-state index contributed by atoms with van der Waals surface area (Å²) >= 11 is 0. The molecule has 0 fully saturated rings. The van der Waals surface area contributed by atoms with Crippen molar-refractivity contribution in [1.82, 2.24) is 0 Å². The van der Waals surface area contributed by atoms with Gasteiger partial charge in [0.15, 0.2) is 0 Å². The van der Waals surface area contributed by atoms with E-state index in [1.54, 1.807) is 25.1 Å². The van der Waals surface area contributed by atoms with Crippen LogP contribution in [0, 0.1) is 6.92 Å². The highest BCUT2D eigenvalue weighted by Gasteiger charge is 2.07. The summed E-state index contributed by atoms with van der Waals surface area (Å²) in [5, 5.41) is 11.0. The SMILES string of the molecule is CC(=O)OCc1cccc(NC(=O)/C=C/C(=O)O)c1C. The minimum absolute atomic E-state index is 0.121. The Morgan fingerprint density at radius 3 is 2.60 bits per heavy atom. The van der Waals surface area contributed by atoms with Crippen LogP contribution < -0.4 is 5.32 Å². The van der Waals surface area contributed by atoms with Crippen LogP contribution in [0.3, 0.4) is 0 Å². The second kappa shape index (κ2) is 7.08. The average Bonchev–Trinajstić information content (AvgIpc) is 2.37. The van der Waals surface area contributed by atoms with Crippen LogP contribution in [0.15, 0.2) is 30.4 Å². The van der Waals surface area contributed by atoms with Gasteiger partial charge in [-0.2, -0.15) is 0 Å². The number of hydrogen-bond acceptors (Lipinski definition) is 4. The molecule has 0 heterocycles. The first-order chi connectivity index (χ1) is 9.40. The number of rotatable bonds is 5. The van der Waals surface area contributed by atoms with E-state index in [1.807, 2.05) is 0 Å². The lowest BCUT2D eigenvalue weighted by Gasteiger charge is -2.11. The molecule has 0 aromatic heterocycles. The molecule has 0 saturated heterocycles. The molecule has 1 aromatic rings. The van der Waals surface area contributed by atoms with Gasteiger partial charge in [0.1, 0.15) is 6.61 Å². The van der Waals surface area contributed by atoms with E-state index in [0.717, 1.165) is 23.3 Å². The first-order valence-corrected chi connectivity index (χ1v) is 5.84. The first-order valence-electron chi connectivity index (χ1n) is 5.84. The van der Waals surface area contributed by atoms with Crippen molar-refractivity contribution >= 4 is 23.5 Å². The van der Waals surface area contributed by atoms with Crippen LogP contribution in [-0.2, 0) is 25.7 Å². The van der Waals surface area contributed by atoms with Crippen molar-refractivity contribution in [1.29, 1.82) is 0 Å². The summed E-state index contributed by atoms with van der Waals surface area (Å²) in [6, 6.07) is 5.17. The zero-order valence-electron chi connectivity index (χ0n) is 11.2. The van der Waals surface area contributed by atoms with Crippen LogP contribution in [0.4, 0.5) is 5.69 Å².